The van der Waals surface area contributed by atoms with E-state index >= 15 is 0 Å². The SMILES string of the molecule is CC(C)c1cccc(C(C)C)c1NC(=O)CCC1Cc2ccccc2NC1=O. The summed E-state index contributed by atoms with van der Waals surface area (Å²) >= 11 is 0. The Bertz CT molecular complexity index is 844. The molecular weight excluding hydrogens is 348 g/mol. The van der Waals surface area contributed by atoms with Crippen molar-refractivity contribution >= 4 is 23.2 Å². The van der Waals surface area contributed by atoms with E-state index in [0.29, 0.717) is 31.1 Å². The van der Waals surface area contributed by atoms with Gasteiger partial charge in [-0.25, -0.2) is 0 Å². The second kappa shape index (κ2) is 8.59. The molecule has 148 valence electrons. The molecule has 1 heterocycles. The highest BCUT2D eigenvalue weighted by Gasteiger charge is 2.26. The first-order valence-corrected chi connectivity index (χ1v) is 10.2. The molecule has 4 heteroatoms. The number of carbonyl (C=O) groups is 2. The Labute approximate surface area is 167 Å². The maximum atomic E-state index is 12.7. The number of nitrogens with one attached hydrogen (secondary N) is 2. The van der Waals surface area contributed by atoms with Gasteiger partial charge in [-0.3, -0.25) is 9.59 Å². The fourth-order valence-electron chi connectivity index (χ4n) is 3.85. The van der Waals surface area contributed by atoms with Gasteiger partial charge in [-0.2, -0.15) is 0 Å². The van der Waals surface area contributed by atoms with Gasteiger partial charge in [-0.15, -0.1) is 0 Å². The van der Waals surface area contributed by atoms with E-state index in [2.05, 4.69) is 56.5 Å². The molecule has 0 radical (unpaired) electrons. The quantitative estimate of drug-likeness (QED) is 0.701. The molecule has 1 atom stereocenters. The Balaban J connectivity index is 1.68. The number of benzene rings is 2. The van der Waals surface area contributed by atoms with Crippen molar-refractivity contribution in [2.45, 2.75) is 58.8 Å². The van der Waals surface area contributed by atoms with Crippen molar-refractivity contribution in [2.75, 3.05) is 10.6 Å². The second-order valence-corrected chi connectivity index (χ2v) is 8.26. The van der Waals surface area contributed by atoms with Crippen LogP contribution in [0.1, 0.15) is 69.1 Å². The first kappa shape index (κ1) is 20.1. The predicted octanol–water partition coefficient (Wildman–Crippen LogP) is 5.46. The molecule has 0 saturated heterocycles. The van der Waals surface area contributed by atoms with Crippen molar-refractivity contribution in [3.8, 4) is 0 Å². The summed E-state index contributed by atoms with van der Waals surface area (Å²) in [5.41, 5.74) is 5.28. The van der Waals surface area contributed by atoms with Gasteiger partial charge in [-0.1, -0.05) is 64.1 Å². The minimum atomic E-state index is -0.162. The summed E-state index contributed by atoms with van der Waals surface area (Å²) in [7, 11) is 0. The van der Waals surface area contributed by atoms with Crippen LogP contribution in [0.15, 0.2) is 42.5 Å². The summed E-state index contributed by atoms with van der Waals surface area (Å²) in [6, 6.07) is 14.1. The molecule has 0 fully saturated rings. The standard InChI is InChI=1S/C24H30N2O2/c1-15(2)19-9-7-10-20(16(3)4)23(19)26-22(27)13-12-18-14-17-8-5-6-11-21(17)25-24(18)28/h5-11,15-16,18H,12-14H2,1-4H3,(H,25,28)(H,26,27). The van der Waals surface area contributed by atoms with Gasteiger partial charge in [0.2, 0.25) is 11.8 Å². The fraction of sp³-hybridized carbons (Fsp3) is 0.417. The van der Waals surface area contributed by atoms with Gasteiger partial charge in [0.15, 0.2) is 0 Å². The van der Waals surface area contributed by atoms with Gasteiger partial charge in [0.25, 0.3) is 0 Å². The fourth-order valence-corrected chi connectivity index (χ4v) is 3.85. The van der Waals surface area contributed by atoms with Gasteiger partial charge in [0, 0.05) is 23.7 Å². The van der Waals surface area contributed by atoms with E-state index in [1.807, 2.05) is 24.3 Å². The normalized spacial score (nSPS) is 16.1. The first-order chi connectivity index (χ1) is 13.4. The van der Waals surface area contributed by atoms with Crippen LogP contribution in [0.3, 0.4) is 0 Å². The van der Waals surface area contributed by atoms with Crippen molar-refractivity contribution in [1.82, 2.24) is 0 Å². The monoisotopic (exact) mass is 378 g/mol. The Morgan fingerprint density at radius 1 is 1.04 bits per heavy atom. The summed E-state index contributed by atoms with van der Waals surface area (Å²) < 4.78 is 0. The summed E-state index contributed by atoms with van der Waals surface area (Å²) in [5.74, 6) is 0.480. The van der Waals surface area contributed by atoms with Gasteiger partial charge in [0.05, 0.1) is 0 Å². The molecule has 2 aromatic carbocycles. The molecule has 4 nitrogen and oxygen atoms in total. The predicted molar refractivity (Wildman–Crippen MR) is 115 cm³/mol. The van der Waals surface area contributed by atoms with Crippen LogP contribution in [-0.4, -0.2) is 11.8 Å². The third kappa shape index (κ3) is 4.44. The molecule has 1 aliphatic heterocycles. The molecule has 0 spiro atoms. The smallest absolute Gasteiger partial charge is 0.227 e. The Morgan fingerprint density at radius 2 is 1.68 bits per heavy atom. The van der Waals surface area contributed by atoms with Crippen molar-refractivity contribution in [3.63, 3.8) is 0 Å². The molecule has 2 amide bonds. The highest BCUT2D eigenvalue weighted by atomic mass is 16.2. The molecule has 0 aromatic heterocycles. The van der Waals surface area contributed by atoms with E-state index in [1.54, 1.807) is 0 Å². The summed E-state index contributed by atoms with van der Waals surface area (Å²) in [6.07, 6.45) is 1.58. The zero-order valence-electron chi connectivity index (χ0n) is 17.2. The third-order valence-electron chi connectivity index (χ3n) is 5.47. The van der Waals surface area contributed by atoms with E-state index in [9.17, 15) is 9.59 Å². The summed E-state index contributed by atoms with van der Waals surface area (Å²) in [5, 5.41) is 6.11. The van der Waals surface area contributed by atoms with E-state index in [4.69, 9.17) is 0 Å². The molecule has 28 heavy (non-hydrogen) atoms. The minimum Gasteiger partial charge on any atom is -0.326 e. The molecule has 0 saturated carbocycles. The molecule has 2 N–H and O–H groups in total. The van der Waals surface area contributed by atoms with Crippen LogP contribution in [-0.2, 0) is 16.0 Å². The molecule has 1 unspecified atom stereocenters. The lowest BCUT2D eigenvalue weighted by Gasteiger charge is -2.24. The lowest BCUT2D eigenvalue weighted by molar-refractivity contribution is -0.121. The van der Waals surface area contributed by atoms with E-state index in [0.717, 1.165) is 28.1 Å². The number of hydrogen-bond acceptors (Lipinski definition) is 2. The van der Waals surface area contributed by atoms with Gasteiger partial charge < -0.3 is 10.6 Å². The molecule has 2 aromatic rings. The summed E-state index contributed by atoms with van der Waals surface area (Å²) in [4.78, 5) is 25.1. The number of carbonyl (C=O) groups excluding carboxylic acids is 2. The number of para-hydroxylation sites is 2. The topological polar surface area (TPSA) is 58.2 Å². The molecule has 3 rings (SSSR count). The lowest BCUT2D eigenvalue weighted by atomic mass is 9.89. The number of anilines is 2. The highest BCUT2D eigenvalue weighted by Crippen LogP contribution is 2.33. The number of rotatable bonds is 6. The third-order valence-corrected chi connectivity index (χ3v) is 5.47. The van der Waals surface area contributed by atoms with Crippen LogP contribution in [0.2, 0.25) is 0 Å². The zero-order valence-corrected chi connectivity index (χ0v) is 17.2. The van der Waals surface area contributed by atoms with Crippen LogP contribution >= 0.6 is 0 Å². The average Bonchev–Trinajstić information content (AvgIpc) is 2.66. The Morgan fingerprint density at radius 3 is 2.32 bits per heavy atom. The van der Waals surface area contributed by atoms with Crippen LogP contribution in [0.4, 0.5) is 11.4 Å². The van der Waals surface area contributed by atoms with Crippen molar-refractivity contribution in [2.24, 2.45) is 5.92 Å². The Hall–Kier alpha value is -2.62. The van der Waals surface area contributed by atoms with Gasteiger partial charge in [0.1, 0.15) is 0 Å². The Kier molecular flexibility index (Phi) is 6.18. The van der Waals surface area contributed by atoms with Gasteiger partial charge in [-0.05, 0) is 47.4 Å². The number of amides is 2. The van der Waals surface area contributed by atoms with Crippen LogP contribution in [0.5, 0.6) is 0 Å². The minimum absolute atomic E-state index is 0.0111. The van der Waals surface area contributed by atoms with Crippen molar-refractivity contribution < 1.29 is 9.59 Å². The largest absolute Gasteiger partial charge is 0.326 e. The summed E-state index contributed by atoms with van der Waals surface area (Å²) in [6.45, 7) is 8.55. The van der Waals surface area contributed by atoms with E-state index in [1.165, 1.54) is 0 Å². The maximum absolute atomic E-state index is 12.7. The zero-order chi connectivity index (χ0) is 20.3. The maximum Gasteiger partial charge on any atom is 0.227 e. The highest BCUT2D eigenvalue weighted by molar-refractivity contribution is 5.97. The molecule has 0 aliphatic carbocycles. The van der Waals surface area contributed by atoms with E-state index in [-0.39, 0.29) is 17.7 Å². The van der Waals surface area contributed by atoms with Crippen LogP contribution < -0.4 is 10.6 Å². The average molecular weight is 379 g/mol. The van der Waals surface area contributed by atoms with Crippen LogP contribution in [0.25, 0.3) is 0 Å². The number of fused-ring (bicyclic) bond motifs is 1. The van der Waals surface area contributed by atoms with Crippen molar-refractivity contribution in [1.29, 1.82) is 0 Å². The van der Waals surface area contributed by atoms with Crippen molar-refractivity contribution in [3.05, 3.63) is 59.2 Å². The second-order valence-electron chi connectivity index (χ2n) is 8.26. The van der Waals surface area contributed by atoms with Crippen LogP contribution in [0, 0.1) is 5.92 Å². The molecule has 1 aliphatic rings. The van der Waals surface area contributed by atoms with Gasteiger partial charge >= 0.3 is 0 Å². The van der Waals surface area contributed by atoms with E-state index < -0.39 is 0 Å². The first-order valence-electron chi connectivity index (χ1n) is 10.2. The lowest BCUT2D eigenvalue weighted by Crippen LogP contribution is -2.30. The molecule has 0 bridgehead atoms. The molecular formula is C24H30N2O2. The number of hydrogen-bond donors (Lipinski definition) is 2.